The van der Waals surface area contributed by atoms with Crippen molar-refractivity contribution in [2.75, 3.05) is 13.1 Å². The lowest BCUT2D eigenvalue weighted by molar-refractivity contribution is -0.596. The standard InChI is InChI=1S/C12H18N4O/c1-4-10-8(3)11(12(13)17)14-16(10)9-6-15(5-2)7-9/h5,9H,4,6-7H2,1-3H3,(H-,13,17)/p+1. The topological polar surface area (TPSA) is 63.9 Å². The fourth-order valence-electron chi connectivity index (χ4n) is 2.37. The van der Waals surface area contributed by atoms with E-state index < -0.39 is 5.91 Å². The number of primary amides is 1. The molecule has 1 aromatic heterocycles. The molecule has 0 spiro atoms. The van der Waals surface area contributed by atoms with Gasteiger partial charge in [0.25, 0.3) is 5.91 Å². The maximum Gasteiger partial charge on any atom is 0.269 e. The molecule has 2 rings (SSSR count). The van der Waals surface area contributed by atoms with Crippen LogP contribution in [-0.2, 0) is 6.42 Å². The Morgan fingerprint density at radius 2 is 2.29 bits per heavy atom. The second kappa shape index (κ2) is 4.31. The summed E-state index contributed by atoms with van der Waals surface area (Å²) in [5.74, 6) is -0.436. The molecule has 0 bridgehead atoms. The highest BCUT2D eigenvalue weighted by atomic mass is 16.1. The average Bonchev–Trinajstić information content (AvgIpc) is 2.54. The Morgan fingerprint density at radius 3 is 2.76 bits per heavy atom. The van der Waals surface area contributed by atoms with Gasteiger partial charge in [-0.3, -0.25) is 9.48 Å². The van der Waals surface area contributed by atoms with Gasteiger partial charge in [-0.15, -0.1) is 0 Å². The van der Waals surface area contributed by atoms with Gasteiger partial charge in [0.05, 0.1) is 0 Å². The van der Waals surface area contributed by atoms with Crippen molar-refractivity contribution in [2.24, 2.45) is 5.73 Å². The van der Waals surface area contributed by atoms with Crippen LogP contribution in [0.25, 0.3) is 0 Å². The van der Waals surface area contributed by atoms with Crippen LogP contribution in [0, 0.1) is 6.92 Å². The number of hydrogen-bond donors (Lipinski definition) is 1. The first-order valence-corrected chi connectivity index (χ1v) is 5.99. The van der Waals surface area contributed by atoms with E-state index in [9.17, 15) is 4.79 Å². The smallest absolute Gasteiger partial charge is 0.269 e. The first-order valence-electron chi connectivity index (χ1n) is 5.99. The van der Waals surface area contributed by atoms with Gasteiger partial charge in [0, 0.05) is 18.2 Å². The van der Waals surface area contributed by atoms with Crippen molar-refractivity contribution in [3.8, 4) is 0 Å². The van der Waals surface area contributed by atoms with Crippen LogP contribution in [0.3, 0.4) is 0 Å². The van der Waals surface area contributed by atoms with E-state index in [4.69, 9.17) is 5.73 Å². The van der Waals surface area contributed by atoms with Gasteiger partial charge in [-0.2, -0.15) is 5.10 Å². The Balaban J connectivity index is 2.34. The summed E-state index contributed by atoms with van der Waals surface area (Å²) in [4.78, 5) is 11.3. The molecule has 5 heteroatoms. The zero-order chi connectivity index (χ0) is 12.6. The minimum Gasteiger partial charge on any atom is -0.364 e. The number of carbonyl (C=O) groups is 1. The Labute approximate surface area is 101 Å². The third-order valence-corrected chi connectivity index (χ3v) is 3.44. The minimum atomic E-state index is -0.436. The van der Waals surface area contributed by atoms with Crippen LogP contribution in [0.5, 0.6) is 0 Å². The monoisotopic (exact) mass is 235 g/mol. The summed E-state index contributed by atoms with van der Waals surface area (Å²) in [5, 5.41) is 4.37. The van der Waals surface area contributed by atoms with Gasteiger partial charge in [-0.05, 0) is 13.3 Å². The van der Waals surface area contributed by atoms with E-state index in [1.54, 1.807) is 0 Å². The maximum absolute atomic E-state index is 11.3. The van der Waals surface area contributed by atoms with E-state index in [-0.39, 0.29) is 0 Å². The number of hydrogen-bond acceptors (Lipinski definition) is 2. The fourth-order valence-corrected chi connectivity index (χ4v) is 2.37. The zero-order valence-electron chi connectivity index (χ0n) is 10.6. The third kappa shape index (κ3) is 1.85. The molecule has 0 atom stereocenters. The molecule has 1 amide bonds. The molecular weight excluding hydrogens is 216 g/mol. The van der Waals surface area contributed by atoms with E-state index in [1.807, 2.05) is 18.5 Å². The lowest BCUT2D eigenvalue weighted by Crippen LogP contribution is -2.42. The second-order valence-electron chi connectivity index (χ2n) is 4.45. The second-order valence-corrected chi connectivity index (χ2v) is 4.45. The van der Waals surface area contributed by atoms with Crippen LogP contribution in [0.15, 0.2) is 0 Å². The van der Waals surface area contributed by atoms with Crippen LogP contribution in [0.1, 0.15) is 41.6 Å². The summed E-state index contributed by atoms with van der Waals surface area (Å²) in [6, 6.07) is 0.368. The molecule has 0 unspecified atom stereocenters. The molecule has 1 aliphatic heterocycles. The molecule has 2 N–H and O–H groups in total. The van der Waals surface area contributed by atoms with Crippen LogP contribution < -0.4 is 5.73 Å². The molecule has 5 nitrogen and oxygen atoms in total. The molecule has 1 aliphatic rings. The first kappa shape index (κ1) is 11.8. The van der Waals surface area contributed by atoms with Gasteiger partial charge in [0.1, 0.15) is 6.21 Å². The van der Waals surface area contributed by atoms with Crippen molar-refractivity contribution in [1.29, 1.82) is 0 Å². The van der Waals surface area contributed by atoms with Crippen LogP contribution in [-0.4, -0.2) is 39.6 Å². The molecule has 17 heavy (non-hydrogen) atoms. The Kier molecular flexibility index (Phi) is 3.00. The largest absolute Gasteiger partial charge is 0.364 e. The lowest BCUT2D eigenvalue weighted by Gasteiger charge is -2.25. The number of amides is 1. The van der Waals surface area contributed by atoms with E-state index in [2.05, 4.69) is 22.8 Å². The van der Waals surface area contributed by atoms with Crippen molar-refractivity contribution in [2.45, 2.75) is 33.2 Å². The van der Waals surface area contributed by atoms with Gasteiger partial charge >= 0.3 is 0 Å². The summed E-state index contributed by atoms with van der Waals surface area (Å²) in [7, 11) is 0. The maximum atomic E-state index is 11.3. The Morgan fingerprint density at radius 1 is 1.65 bits per heavy atom. The van der Waals surface area contributed by atoms with Gasteiger partial charge in [-0.25, -0.2) is 4.58 Å². The normalized spacial score (nSPS) is 19.0. The average molecular weight is 235 g/mol. The number of carbonyl (C=O) groups excluding carboxylic acids is 1. The first-order chi connectivity index (χ1) is 8.08. The Bertz CT molecular complexity index is 479. The van der Waals surface area contributed by atoms with Crippen LogP contribution in [0.2, 0.25) is 0 Å². The quantitative estimate of drug-likeness (QED) is 0.776. The summed E-state index contributed by atoms with van der Waals surface area (Å²) >= 11 is 0. The SMILES string of the molecule is CC=[N+]1CC(n2nc(C(N)=O)c(C)c2CC)C1. The summed E-state index contributed by atoms with van der Waals surface area (Å²) in [6.45, 7) is 7.95. The molecule has 0 saturated carbocycles. The Hall–Kier alpha value is -1.65. The summed E-state index contributed by atoms with van der Waals surface area (Å²) < 4.78 is 4.21. The molecule has 1 aromatic rings. The highest BCUT2D eigenvalue weighted by Crippen LogP contribution is 2.23. The fraction of sp³-hybridized carbons (Fsp3) is 0.583. The van der Waals surface area contributed by atoms with Crippen molar-refractivity contribution in [3.05, 3.63) is 17.0 Å². The molecular formula is C12H19N4O+. The minimum absolute atomic E-state index is 0.368. The van der Waals surface area contributed by atoms with Crippen LogP contribution in [0.4, 0.5) is 0 Å². The van der Waals surface area contributed by atoms with Gasteiger partial charge in [-0.1, -0.05) is 6.92 Å². The number of nitrogens with two attached hydrogens (primary N) is 1. The number of rotatable bonds is 3. The van der Waals surface area contributed by atoms with E-state index >= 15 is 0 Å². The van der Waals surface area contributed by atoms with E-state index in [0.717, 1.165) is 30.8 Å². The van der Waals surface area contributed by atoms with Crippen molar-refractivity contribution >= 4 is 12.1 Å². The summed E-state index contributed by atoms with van der Waals surface area (Å²) in [6.07, 6.45) is 2.95. The molecule has 0 radical (unpaired) electrons. The van der Waals surface area contributed by atoms with E-state index in [0.29, 0.717) is 11.7 Å². The van der Waals surface area contributed by atoms with Gasteiger partial charge < -0.3 is 5.73 Å². The summed E-state index contributed by atoms with van der Waals surface area (Å²) in [5.41, 5.74) is 7.80. The van der Waals surface area contributed by atoms with E-state index in [1.165, 1.54) is 0 Å². The highest BCUT2D eigenvalue weighted by Gasteiger charge is 2.35. The van der Waals surface area contributed by atoms with Crippen LogP contribution >= 0.6 is 0 Å². The van der Waals surface area contributed by atoms with Gasteiger partial charge in [0.2, 0.25) is 0 Å². The predicted octanol–water partition coefficient (Wildman–Crippen LogP) is 0.511. The lowest BCUT2D eigenvalue weighted by atomic mass is 10.1. The molecule has 0 aromatic carbocycles. The molecule has 2 heterocycles. The van der Waals surface area contributed by atoms with Crippen molar-refractivity contribution < 1.29 is 9.37 Å². The third-order valence-electron chi connectivity index (χ3n) is 3.44. The molecule has 1 saturated heterocycles. The highest BCUT2D eigenvalue weighted by molar-refractivity contribution is 5.92. The van der Waals surface area contributed by atoms with Gasteiger partial charge in [0.15, 0.2) is 24.8 Å². The predicted molar refractivity (Wildman–Crippen MR) is 65.6 cm³/mol. The zero-order valence-corrected chi connectivity index (χ0v) is 10.6. The molecule has 0 aliphatic carbocycles. The van der Waals surface area contributed by atoms with Crippen molar-refractivity contribution in [1.82, 2.24) is 9.78 Å². The number of aromatic nitrogens is 2. The molecule has 92 valence electrons. The van der Waals surface area contributed by atoms with Crippen molar-refractivity contribution in [3.63, 3.8) is 0 Å². The number of nitrogens with zero attached hydrogens (tertiary/aromatic N) is 3. The molecule has 1 fully saturated rings.